The van der Waals surface area contributed by atoms with Gasteiger partial charge in [-0.05, 0) is 77.0 Å². The molecule has 0 nitrogen and oxygen atoms in total. The van der Waals surface area contributed by atoms with Gasteiger partial charge in [0.05, 0.1) is 49.3 Å². The van der Waals surface area contributed by atoms with E-state index in [1.807, 2.05) is 0 Å². The van der Waals surface area contributed by atoms with E-state index >= 15 is 0 Å². The van der Waals surface area contributed by atoms with E-state index < -0.39 is 14.5 Å². The molecular formula is C48H104Br2P2. The fourth-order valence-corrected chi connectivity index (χ4v) is 18.4. The van der Waals surface area contributed by atoms with Crippen LogP contribution in [0.3, 0.4) is 0 Å². The smallest absolute Gasteiger partial charge is 0.0594 e. The molecule has 0 radical (unpaired) electrons. The maximum absolute atomic E-state index is 2.36. The van der Waals surface area contributed by atoms with Crippen molar-refractivity contribution >= 4 is 14.5 Å². The summed E-state index contributed by atoms with van der Waals surface area (Å²) in [6.45, 7) is 18.8. The Morgan fingerprint density at radius 2 is 0.308 bits per heavy atom. The first kappa shape index (κ1) is 60.5. The predicted molar refractivity (Wildman–Crippen MR) is 246 cm³/mol. The lowest BCUT2D eigenvalue weighted by Crippen LogP contribution is -3.00. The number of halogens is 2. The van der Waals surface area contributed by atoms with E-state index in [1.165, 1.54) is 180 Å². The van der Waals surface area contributed by atoms with Gasteiger partial charge in [0.25, 0.3) is 0 Å². The van der Waals surface area contributed by atoms with Gasteiger partial charge in [-0.15, -0.1) is 0 Å². The Balaban J connectivity index is -0.000000514. The topological polar surface area (TPSA) is 0 Å². The van der Waals surface area contributed by atoms with Crippen molar-refractivity contribution in [1.29, 1.82) is 0 Å². The van der Waals surface area contributed by atoms with E-state index in [2.05, 4.69) is 55.4 Å². The minimum absolute atomic E-state index is 0. The predicted octanol–water partition coefficient (Wildman–Crippen LogP) is 12.7. The van der Waals surface area contributed by atoms with Crippen LogP contribution in [0.5, 0.6) is 0 Å². The van der Waals surface area contributed by atoms with Gasteiger partial charge in [-0.1, -0.05) is 184 Å². The number of hydrogen-bond acceptors (Lipinski definition) is 0. The van der Waals surface area contributed by atoms with Gasteiger partial charge in [-0.3, -0.25) is 0 Å². The van der Waals surface area contributed by atoms with Gasteiger partial charge in [-0.25, -0.2) is 0 Å². The van der Waals surface area contributed by atoms with Crippen LogP contribution in [0.25, 0.3) is 0 Å². The summed E-state index contributed by atoms with van der Waals surface area (Å²) in [7, 11) is -1.28. The van der Waals surface area contributed by atoms with Crippen molar-refractivity contribution < 1.29 is 34.0 Å². The first-order chi connectivity index (χ1) is 24.5. The number of hydrogen-bond donors (Lipinski definition) is 0. The van der Waals surface area contributed by atoms with Crippen LogP contribution in [0.2, 0.25) is 0 Å². The molecule has 0 N–H and O–H groups in total. The Kier molecular flexibility index (Phi) is 57.0. The SMILES string of the molecule is CCCCCCCC[P+](CCCCCCCC)(CCCCCCCC)CCCCCCCC.CCCC[P+](CCCC)(CCCC)CCCC.[Br-].[Br-]. The van der Waals surface area contributed by atoms with Crippen molar-refractivity contribution in [3.8, 4) is 0 Å². The molecular weight excluding hydrogens is 798 g/mol. The molecule has 0 unspecified atom stereocenters. The highest BCUT2D eigenvalue weighted by atomic mass is 79.9. The highest BCUT2D eigenvalue weighted by Crippen LogP contribution is 2.62. The Bertz CT molecular complexity index is 506. The van der Waals surface area contributed by atoms with Gasteiger partial charge < -0.3 is 34.0 Å². The molecule has 0 heterocycles. The zero-order chi connectivity index (χ0) is 37.3. The molecule has 0 aromatic heterocycles. The Hall–Kier alpha value is 1.82. The lowest BCUT2D eigenvalue weighted by atomic mass is 10.1. The third kappa shape index (κ3) is 40.0. The molecule has 0 saturated heterocycles. The highest BCUT2D eigenvalue weighted by Gasteiger charge is 2.35. The molecule has 0 saturated carbocycles. The molecule has 0 aromatic carbocycles. The van der Waals surface area contributed by atoms with Crippen molar-refractivity contribution in [2.24, 2.45) is 0 Å². The third-order valence-corrected chi connectivity index (χ3v) is 22.0. The van der Waals surface area contributed by atoms with Gasteiger partial charge in [0.2, 0.25) is 0 Å². The van der Waals surface area contributed by atoms with Crippen LogP contribution in [-0.4, -0.2) is 49.3 Å². The molecule has 0 spiro atoms. The number of unbranched alkanes of at least 4 members (excludes halogenated alkanes) is 24. The third-order valence-electron chi connectivity index (χ3n) is 11.9. The zero-order valence-electron chi connectivity index (χ0n) is 37.9. The van der Waals surface area contributed by atoms with Crippen LogP contribution in [0.4, 0.5) is 0 Å². The van der Waals surface area contributed by atoms with Crippen LogP contribution in [0.1, 0.15) is 261 Å². The van der Waals surface area contributed by atoms with Crippen LogP contribution in [0.15, 0.2) is 0 Å². The summed E-state index contributed by atoms with van der Waals surface area (Å²) in [5, 5.41) is 0. The van der Waals surface area contributed by atoms with Crippen LogP contribution in [0, 0.1) is 0 Å². The molecule has 320 valence electrons. The summed E-state index contributed by atoms with van der Waals surface area (Å²) in [4.78, 5) is 0. The van der Waals surface area contributed by atoms with Gasteiger partial charge in [0.1, 0.15) is 0 Å². The van der Waals surface area contributed by atoms with E-state index in [-0.39, 0.29) is 34.0 Å². The second kappa shape index (κ2) is 49.0. The normalized spacial score (nSPS) is 11.5. The van der Waals surface area contributed by atoms with Gasteiger partial charge in [0.15, 0.2) is 0 Å². The Labute approximate surface area is 356 Å². The molecule has 0 aliphatic heterocycles. The first-order valence-electron chi connectivity index (χ1n) is 24.2. The van der Waals surface area contributed by atoms with E-state index in [1.54, 1.807) is 75.0 Å². The summed E-state index contributed by atoms with van der Waals surface area (Å²) in [6.07, 6.45) is 60.1. The Morgan fingerprint density at radius 1 is 0.173 bits per heavy atom. The maximum atomic E-state index is 2.36. The van der Waals surface area contributed by atoms with Crippen molar-refractivity contribution in [3.05, 3.63) is 0 Å². The zero-order valence-corrected chi connectivity index (χ0v) is 42.9. The molecule has 0 aliphatic rings. The molecule has 0 atom stereocenters. The fourth-order valence-electron chi connectivity index (χ4n) is 8.23. The van der Waals surface area contributed by atoms with Crippen molar-refractivity contribution in [2.45, 2.75) is 261 Å². The number of rotatable bonds is 40. The summed E-state index contributed by atoms with van der Waals surface area (Å²) in [6, 6.07) is 0. The summed E-state index contributed by atoms with van der Waals surface area (Å²) < 4.78 is 0. The molecule has 0 fully saturated rings. The van der Waals surface area contributed by atoms with E-state index in [0.29, 0.717) is 0 Å². The molecule has 0 aromatic rings. The average Bonchev–Trinajstić information content (AvgIpc) is 3.13. The van der Waals surface area contributed by atoms with Crippen LogP contribution >= 0.6 is 14.5 Å². The molecule has 4 heteroatoms. The van der Waals surface area contributed by atoms with Gasteiger partial charge >= 0.3 is 0 Å². The van der Waals surface area contributed by atoms with Crippen molar-refractivity contribution in [2.75, 3.05) is 49.3 Å². The second-order valence-corrected chi connectivity index (χ2v) is 25.9. The first-order valence-corrected chi connectivity index (χ1v) is 29.2. The summed E-state index contributed by atoms with van der Waals surface area (Å²) in [5.41, 5.74) is 0. The van der Waals surface area contributed by atoms with E-state index in [4.69, 9.17) is 0 Å². The maximum Gasteiger partial charge on any atom is 0.0594 e. The molecule has 0 aliphatic carbocycles. The molecule has 52 heavy (non-hydrogen) atoms. The monoisotopic (exact) mass is 901 g/mol. The quantitative estimate of drug-likeness (QED) is 0.0425. The average molecular weight is 903 g/mol. The second-order valence-electron chi connectivity index (χ2n) is 17.0. The van der Waals surface area contributed by atoms with Gasteiger partial charge in [-0.2, -0.15) is 0 Å². The van der Waals surface area contributed by atoms with Crippen molar-refractivity contribution in [3.63, 3.8) is 0 Å². The van der Waals surface area contributed by atoms with E-state index in [9.17, 15) is 0 Å². The molecule has 0 bridgehead atoms. The lowest BCUT2D eigenvalue weighted by molar-refractivity contribution is -0.001000. The van der Waals surface area contributed by atoms with Crippen LogP contribution < -0.4 is 34.0 Å². The fraction of sp³-hybridized carbons (Fsp3) is 1.00. The van der Waals surface area contributed by atoms with Gasteiger partial charge in [0, 0.05) is 14.5 Å². The minimum atomic E-state index is -0.718. The largest absolute Gasteiger partial charge is 1.00 e. The van der Waals surface area contributed by atoms with Crippen molar-refractivity contribution in [1.82, 2.24) is 0 Å². The summed E-state index contributed by atoms with van der Waals surface area (Å²) in [5.74, 6) is 0. The minimum Gasteiger partial charge on any atom is -1.00 e. The van der Waals surface area contributed by atoms with E-state index in [0.717, 1.165) is 0 Å². The summed E-state index contributed by atoms with van der Waals surface area (Å²) >= 11 is 0. The molecule has 0 rings (SSSR count). The molecule has 0 amide bonds. The lowest BCUT2D eigenvalue weighted by Gasteiger charge is -2.28. The standard InChI is InChI=1S/C32H68P.C16H36P.2BrH/c1-5-9-13-17-21-25-29-33(30-26-22-18-14-10-6-2,31-27-23-19-15-11-7-3)32-28-24-20-16-12-8-4;1-5-9-13-17(14-10-6-2,15-11-7-3)16-12-8-4;;/h5-32H2,1-4H3;5-16H2,1-4H3;2*1H/q2*+1;;/p-2. The highest BCUT2D eigenvalue weighted by molar-refractivity contribution is 7.76. The van der Waals surface area contributed by atoms with Crippen LogP contribution in [-0.2, 0) is 0 Å². The Morgan fingerprint density at radius 3 is 0.481 bits per heavy atom.